The predicted molar refractivity (Wildman–Crippen MR) is 75.0 cm³/mol. The number of aryl methyl sites for hydroxylation is 1. The van der Waals surface area contributed by atoms with Gasteiger partial charge in [-0.15, -0.1) is 11.8 Å². The molecule has 0 amide bonds. The fraction of sp³-hybridized carbons (Fsp3) is 0.200. The van der Waals surface area contributed by atoms with E-state index in [1.807, 2.05) is 25.1 Å². The first-order valence-corrected chi connectivity index (χ1v) is 6.95. The Hall–Kier alpha value is -1.39. The molecule has 4 heteroatoms. The minimum Gasteiger partial charge on any atom is -0.326 e. The highest BCUT2D eigenvalue weighted by molar-refractivity contribution is 7.98. The normalized spacial score (nSPS) is 10.7. The second-order valence-corrected chi connectivity index (χ2v) is 5.35. The van der Waals surface area contributed by atoms with Crippen molar-refractivity contribution in [2.24, 2.45) is 5.73 Å². The molecule has 2 aromatic rings. The van der Waals surface area contributed by atoms with E-state index < -0.39 is 5.82 Å². The standard InChI is InChI=1S/C15H15F2NS/c1-10-6-11(8-18)2-3-12(10)9-19-15-7-13(16)4-5-14(15)17/h2-7H,8-9,18H2,1H3. The maximum absolute atomic E-state index is 13.5. The molecule has 2 N–H and O–H groups in total. The average Bonchev–Trinajstić information content (AvgIpc) is 2.40. The first-order valence-electron chi connectivity index (χ1n) is 5.96. The van der Waals surface area contributed by atoms with Gasteiger partial charge >= 0.3 is 0 Å². The van der Waals surface area contributed by atoms with Crippen molar-refractivity contribution < 1.29 is 8.78 Å². The van der Waals surface area contributed by atoms with Crippen molar-refractivity contribution in [3.8, 4) is 0 Å². The molecule has 2 rings (SSSR count). The van der Waals surface area contributed by atoms with E-state index >= 15 is 0 Å². The van der Waals surface area contributed by atoms with Gasteiger partial charge in [-0.05, 0) is 41.8 Å². The third-order valence-electron chi connectivity index (χ3n) is 2.92. The highest BCUT2D eigenvalue weighted by Gasteiger charge is 2.06. The molecule has 0 atom stereocenters. The molecule has 0 aliphatic heterocycles. The zero-order valence-corrected chi connectivity index (χ0v) is 11.4. The van der Waals surface area contributed by atoms with E-state index in [-0.39, 0.29) is 5.82 Å². The van der Waals surface area contributed by atoms with Crippen molar-refractivity contribution in [1.29, 1.82) is 0 Å². The molecule has 0 aliphatic carbocycles. The summed E-state index contributed by atoms with van der Waals surface area (Å²) in [6, 6.07) is 9.48. The number of thioether (sulfide) groups is 1. The van der Waals surface area contributed by atoms with Crippen molar-refractivity contribution in [3.63, 3.8) is 0 Å². The number of halogens is 2. The highest BCUT2D eigenvalue weighted by atomic mass is 32.2. The van der Waals surface area contributed by atoms with Crippen molar-refractivity contribution in [2.45, 2.75) is 24.1 Å². The molecule has 19 heavy (non-hydrogen) atoms. The van der Waals surface area contributed by atoms with E-state index in [4.69, 9.17) is 5.73 Å². The van der Waals surface area contributed by atoms with Crippen LogP contribution in [0.1, 0.15) is 16.7 Å². The molecular weight excluding hydrogens is 264 g/mol. The van der Waals surface area contributed by atoms with Gasteiger partial charge in [0.25, 0.3) is 0 Å². The van der Waals surface area contributed by atoms with Crippen LogP contribution < -0.4 is 5.73 Å². The molecule has 1 nitrogen and oxygen atoms in total. The lowest BCUT2D eigenvalue weighted by molar-refractivity contribution is 0.577. The number of hydrogen-bond donors (Lipinski definition) is 1. The SMILES string of the molecule is Cc1cc(CN)ccc1CSc1cc(F)ccc1F. The summed E-state index contributed by atoms with van der Waals surface area (Å²) >= 11 is 1.30. The third kappa shape index (κ3) is 3.55. The van der Waals surface area contributed by atoms with E-state index in [1.165, 1.54) is 17.8 Å². The van der Waals surface area contributed by atoms with Gasteiger partial charge < -0.3 is 5.73 Å². The maximum atomic E-state index is 13.5. The topological polar surface area (TPSA) is 26.0 Å². The number of nitrogens with two attached hydrogens (primary N) is 1. The van der Waals surface area contributed by atoms with Gasteiger partial charge in [0.1, 0.15) is 11.6 Å². The summed E-state index contributed by atoms with van der Waals surface area (Å²) in [4.78, 5) is 0.335. The Bertz CT molecular complexity index is 584. The molecule has 0 saturated heterocycles. The molecule has 2 aromatic carbocycles. The van der Waals surface area contributed by atoms with Crippen LogP contribution in [-0.4, -0.2) is 0 Å². The molecule has 0 fully saturated rings. The first-order chi connectivity index (χ1) is 9.10. The van der Waals surface area contributed by atoms with Crippen molar-refractivity contribution in [1.82, 2.24) is 0 Å². The van der Waals surface area contributed by atoms with E-state index in [9.17, 15) is 8.78 Å². The van der Waals surface area contributed by atoms with E-state index in [2.05, 4.69) is 0 Å². The number of hydrogen-bond acceptors (Lipinski definition) is 2. The van der Waals surface area contributed by atoms with Crippen LogP contribution in [0.4, 0.5) is 8.78 Å². The minimum absolute atomic E-state index is 0.335. The summed E-state index contributed by atoms with van der Waals surface area (Å²) in [5, 5.41) is 0. The average molecular weight is 279 g/mol. The van der Waals surface area contributed by atoms with Gasteiger partial charge in [-0.1, -0.05) is 18.2 Å². The zero-order chi connectivity index (χ0) is 13.8. The summed E-state index contributed by atoms with van der Waals surface area (Å²) < 4.78 is 26.5. The van der Waals surface area contributed by atoms with Gasteiger partial charge in [-0.25, -0.2) is 8.78 Å². The zero-order valence-electron chi connectivity index (χ0n) is 10.6. The van der Waals surface area contributed by atoms with Crippen LogP contribution in [0.2, 0.25) is 0 Å². The van der Waals surface area contributed by atoms with Gasteiger partial charge in [0.05, 0.1) is 0 Å². The van der Waals surface area contributed by atoms with E-state index in [1.54, 1.807) is 0 Å². The number of rotatable bonds is 4. The van der Waals surface area contributed by atoms with Crippen LogP contribution in [-0.2, 0) is 12.3 Å². The van der Waals surface area contributed by atoms with Crippen molar-refractivity contribution in [3.05, 3.63) is 64.7 Å². The smallest absolute Gasteiger partial charge is 0.136 e. The third-order valence-corrected chi connectivity index (χ3v) is 4.00. The predicted octanol–water partition coefficient (Wildman–Crippen LogP) is 4.02. The summed E-state index contributed by atoms with van der Waals surface area (Å²) in [7, 11) is 0. The van der Waals surface area contributed by atoms with Crippen LogP contribution in [0, 0.1) is 18.6 Å². The fourth-order valence-electron chi connectivity index (χ4n) is 1.79. The van der Waals surface area contributed by atoms with Crippen LogP contribution in [0.3, 0.4) is 0 Å². The molecular formula is C15H15F2NS. The summed E-state index contributed by atoms with van der Waals surface area (Å²) in [6.07, 6.45) is 0. The van der Waals surface area contributed by atoms with Gasteiger partial charge in [0, 0.05) is 17.2 Å². The van der Waals surface area contributed by atoms with E-state index in [0.29, 0.717) is 17.2 Å². The molecule has 0 spiro atoms. The molecule has 0 unspecified atom stereocenters. The lowest BCUT2D eigenvalue weighted by Gasteiger charge is -2.08. The number of benzene rings is 2. The quantitative estimate of drug-likeness (QED) is 0.855. The van der Waals surface area contributed by atoms with Gasteiger partial charge in [0.15, 0.2) is 0 Å². The molecule has 0 saturated carbocycles. The van der Waals surface area contributed by atoms with Crippen LogP contribution in [0.15, 0.2) is 41.3 Å². The Balaban J connectivity index is 2.12. The lowest BCUT2D eigenvalue weighted by Crippen LogP contribution is -1.98. The van der Waals surface area contributed by atoms with Crippen LogP contribution in [0.25, 0.3) is 0 Å². The largest absolute Gasteiger partial charge is 0.326 e. The second-order valence-electron chi connectivity index (χ2n) is 4.33. The first kappa shape index (κ1) is 14.0. The summed E-state index contributed by atoms with van der Waals surface area (Å²) in [5.41, 5.74) is 8.87. The molecule has 0 aliphatic rings. The minimum atomic E-state index is -0.417. The monoisotopic (exact) mass is 279 g/mol. The van der Waals surface area contributed by atoms with Crippen LogP contribution >= 0.6 is 11.8 Å². The van der Waals surface area contributed by atoms with Gasteiger partial charge in [-0.2, -0.15) is 0 Å². The fourth-order valence-corrected chi connectivity index (χ4v) is 2.83. The van der Waals surface area contributed by atoms with Gasteiger partial charge in [0.2, 0.25) is 0 Å². The molecule has 0 aromatic heterocycles. The Labute approximate surface area is 115 Å². The van der Waals surface area contributed by atoms with Crippen LogP contribution in [0.5, 0.6) is 0 Å². The molecule has 0 radical (unpaired) electrons. The molecule has 0 bridgehead atoms. The Morgan fingerprint density at radius 1 is 1.11 bits per heavy atom. The lowest BCUT2D eigenvalue weighted by atomic mass is 10.1. The molecule has 0 heterocycles. The molecule has 100 valence electrons. The summed E-state index contributed by atoms with van der Waals surface area (Å²) in [5.74, 6) is -0.196. The Morgan fingerprint density at radius 2 is 1.89 bits per heavy atom. The van der Waals surface area contributed by atoms with Crippen molar-refractivity contribution in [2.75, 3.05) is 0 Å². The Kier molecular flexibility index (Phi) is 4.56. The maximum Gasteiger partial charge on any atom is 0.136 e. The second kappa shape index (κ2) is 6.17. The van der Waals surface area contributed by atoms with E-state index in [0.717, 1.165) is 28.8 Å². The van der Waals surface area contributed by atoms with Gasteiger partial charge in [-0.3, -0.25) is 0 Å². The summed E-state index contributed by atoms with van der Waals surface area (Å²) in [6.45, 7) is 2.50. The van der Waals surface area contributed by atoms with Crippen molar-refractivity contribution >= 4 is 11.8 Å². The highest BCUT2D eigenvalue weighted by Crippen LogP contribution is 2.27. The Morgan fingerprint density at radius 3 is 2.58 bits per heavy atom.